The average Bonchev–Trinajstić information content (AvgIpc) is 3.26. The van der Waals surface area contributed by atoms with E-state index in [0.717, 1.165) is 5.17 Å². The number of carbonyl (C=O) groups is 1. The minimum Gasteiger partial charge on any atom is -0.493 e. The zero-order chi connectivity index (χ0) is 23.5. The topological polar surface area (TPSA) is 60.4 Å². The molecule has 0 bridgehead atoms. The van der Waals surface area contributed by atoms with E-state index in [4.69, 9.17) is 25.8 Å². The van der Waals surface area contributed by atoms with E-state index >= 15 is 0 Å². The number of carbonyl (C=O) groups excluding carboxylic acids is 1. The number of fused-ring (bicyclic) bond motifs is 1. The molecule has 0 saturated heterocycles. The number of para-hydroxylation sites is 1. The summed E-state index contributed by atoms with van der Waals surface area (Å²) in [6, 6.07) is 9.31. The van der Waals surface area contributed by atoms with E-state index in [2.05, 4.69) is 4.99 Å². The Labute approximate surface area is 200 Å². The number of allylic oxidation sites excluding steroid dienone is 1. The van der Waals surface area contributed by atoms with Crippen molar-refractivity contribution in [1.82, 2.24) is 4.90 Å². The molecular weight excluding hydrogens is 467 g/mol. The second kappa shape index (κ2) is 9.89. The molecule has 0 aliphatic carbocycles. The van der Waals surface area contributed by atoms with Crippen molar-refractivity contribution in [3.05, 3.63) is 81.2 Å². The van der Waals surface area contributed by atoms with Crippen LogP contribution in [0.5, 0.6) is 11.5 Å². The summed E-state index contributed by atoms with van der Waals surface area (Å²) < 4.78 is 31.4. The van der Waals surface area contributed by atoms with E-state index in [1.807, 2.05) is 28.6 Å². The van der Waals surface area contributed by atoms with Gasteiger partial charge in [0.15, 0.2) is 16.7 Å². The van der Waals surface area contributed by atoms with Gasteiger partial charge in [0.1, 0.15) is 12.4 Å². The van der Waals surface area contributed by atoms with Crippen LogP contribution in [0.2, 0.25) is 5.02 Å². The molecule has 0 fully saturated rings. The van der Waals surface area contributed by atoms with Crippen molar-refractivity contribution >= 4 is 34.5 Å². The van der Waals surface area contributed by atoms with Crippen LogP contribution in [0.15, 0.2) is 64.3 Å². The zero-order valence-corrected chi connectivity index (χ0v) is 19.9. The number of rotatable bonds is 7. The fourth-order valence-corrected chi connectivity index (χ4v) is 4.76. The van der Waals surface area contributed by atoms with Gasteiger partial charge in [-0.05, 0) is 37.5 Å². The maximum Gasteiger partial charge on any atom is 0.338 e. The van der Waals surface area contributed by atoms with E-state index in [1.54, 1.807) is 26.0 Å². The van der Waals surface area contributed by atoms with Crippen molar-refractivity contribution in [3.63, 3.8) is 0 Å². The van der Waals surface area contributed by atoms with Crippen LogP contribution < -0.4 is 9.47 Å². The van der Waals surface area contributed by atoms with Crippen LogP contribution >= 0.6 is 23.4 Å². The molecule has 2 aliphatic rings. The minimum atomic E-state index is -0.566. The second-order valence-corrected chi connectivity index (χ2v) is 8.47. The van der Waals surface area contributed by atoms with Gasteiger partial charge in [-0.3, -0.25) is 0 Å². The van der Waals surface area contributed by atoms with Gasteiger partial charge in [0.2, 0.25) is 0 Å². The van der Waals surface area contributed by atoms with Crippen molar-refractivity contribution in [3.8, 4) is 11.5 Å². The molecule has 0 unspecified atom stereocenters. The summed E-state index contributed by atoms with van der Waals surface area (Å²) in [4.78, 5) is 19.4. The Balaban J connectivity index is 1.81. The van der Waals surface area contributed by atoms with E-state index in [9.17, 15) is 9.18 Å². The molecule has 4 rings (SSSR count). The van der Waals surface area contributed by atoms with Gasteiger partial charge in [-0.2, -0.15) is 0 Å². The fraction of sp³-hybridized carbons (Fsp3) is 0.250. The number of methoxy groups -OCH3 is 1. The summed E-state index contributed by atoms with van der Waals surface area (Å²) >= 11 is 7.65. The lowest BCUT2D eigenvalue weighted by Gasteiger charge is -2.34. The van der Waals surface area contributed by atoms with E-state index in [-0.39, 0.29) is 23.8 Å². The first kappa shape index (κ1) is 23.2. The molecule has 2 aromatic rings. The predicted molar refractivity (Wildman–Crippen MR) is 127 cm³/mol. The van der Waals surface area contributed by atoms with Crippen molar-refractivity contribution in [2.24, 2.45) is 4.99 Å². The Kier molecular flexibility index (Phi) is 6.95. The zero-order valence-electron chi connectivity index (χ0n) is 18.3. The molecule has 0 amide bonds. The number of benzene rings is 2. The highest BCUT2D eigenvalue weighted by molar-refractivity contribution is 8.16. The molecule has 2 aliphatic heterocycles. The third-order valence-corrected chi connectivity index (χ3v) is 6.39. The lowest BCUT2D eigenvalue weighted by molar-refractivity contribution is -0.139. The van der Waals surface area contributed by atoms with Gasteiger partial charge in [-0.25, -0.2) is 14.2 Å². The minimum absolute atomic E-state index is 0.116. The lowest BCUT2D eigenvalue weighted by Crippen LogP contribution is -2.34. The van der Waals surface area contributed by atoms with Gasteiger partial charge in [0, 0.05) is 17.3 Å². The van der Waals surface area contributed by atoms with E-state index in [0.29, 0.717) is 28.3 Å². The smallest absolute Gasteiger partial charge is 0.338 e. The highest BCUT2D eigenvalue weighted by atomic mass is 35.5. The molecule has 172 valence electrons. The molecule has 9 heteroatoms. The van der Waals surface area contributed by atoms with Crippen molar-refractivity contribution in [2.75, 3.05) is 13.7 Å². The average molecular weight is 489 g/mol. The maximum absolute atomic E-state index is 14.4. The summed E-state index contributed by atoms with van der Waals surface area (Å²) in [6.45, 7) is 3.65. The second-order valence-electron chi connectivity index (χ2n) is 7.19. The number of nitrogens with zero attached hydrogens (tertiary/aromatic N) is 2. The standard InChI is InChI=1S/C24H22ClFN2O4S/c1-4-31-23(29)20-14(2)27-24-28(11-12-33-24)21(20)15-7-5-10-19(30-3)22(15)32-13-16-17(25)8-6-9-18(16)26/h5-12,21H,4,13H2,1-3H3/t21-/m0/s1. The number of aliphatic imine (C=N–C) groups is 1. The van der Waals surface area contributed by atoms with Gasteiger partial charge in [0.25, 0.3) is 0 Å². The van der Waals surface area contributed by atoms with Crippen LogP contribution in [0.3, 0.4) is 0 Å². The molecule has 0 radical (unpaired) electrons. The van der Waals surface area contributed by atoms with Crippen molar-refractivity contribution in [2.45, 2.75) is 26.5 Å². The lowest BCUT2D eigenvalue weighted by atomic mass is 9.93. The summed E-state index contributed by atoms with van der Waals surface area (Å²) in [5, 5.41) is 2.89. The van der Waals surface area contributed by atoms with Crippen molar-refractivity contribution in [1.29, 1.82) is 0 Å². The van der Waals surface area contributed by atoms with Crippen LogP contribution in [0, 0.1) is 5.82 Å². The van der Waals surface area contributed by atoms with Crippen LogP contribution in [-0.2, 0) is 16.1 Å². The summed E-state index contributed by atoms with van der Waals surface area (Å²) in [6.07, 6.45) is 1.86. The first-order valence-electron chi connectivity index (χ1n) is 10.3. The van der Waals surface area contributed by atoms with Crippen molar-refractivity contribution < 1.29 is 23.4 Å². The molecule has 6 nitrogen and oxygen atoms in total. The van der Waals surface area contributed by atoms with Gasteiger partial charge in [-0.15, -0.1) is 0 Å². The van der Waals surface area contributed by atoms with Gasteiger partial charge < -0.3 is 19.1 Å². The monoisotopic (exact) mass is 488 g/mol. The number of ether oxygens (including phenoxy) is 3. The number of thioether (sulfide) groups is 1. The molecule has 0 aromatic heterocycles. The van der Waals surface area contributed by atoms with E-state index < -0.39 is 17.8 Å². The summed E-state index contributed by atoms with van der Waals surface area (Å²) in [7, 11) is 1.52. The first-order valence-corrected chi connectivity index (χ1v) is 11.5. The van der Waals surface area contributed by atoms with Crippen LogP contribution in [0.1, 0.15) is 31.0 Å². The molecule has 1 atom stereocenters. The van der Waals surface area contributed by atoms with Crippen LogP contribution in [0.4, 0.5) is 4.39 Å². The third-order valence-electron chi connectivity index (χ3n) is 5.26. The first-order chi connectivity index (χ1) is 16.0. The molecule has 2 aromatic carbocycles. The number of hydrogen-bond donors (Lipinski definition) is 0. The van der Waals surface area contributed by atoms with Crippen LogP contribution in [0.25, 0.3) is 0 Å². The normalized spacial score (nSPS) is 17.1. The Hall–Kier alpha value is -2.97. The summed E-state index contributed by atoms with van der Waals surface area (Å²) in [5.74, 6) is -0.0990. The Morgan fingerprint density at radius 1 is 1.27 bits per heavy atom. The highest BCUT2D eigenvalue weighted by Crippen LogP contribution is 2.46. The van der Waals surface area contributed by atoms with E-state index in [1.165, 1.54) is 31.0 Å². The number of halogens is 2. The molecule has 0 saturated carbocycles. The predicted octanol–water partition coefficient (Wildman–Crippen LogP) is 5.83. The third kappa shape index (κ3) is 4.45. The van der Waals surface area contributed by atoms with Gasteiger partial charge in [0.05, 0.1) is 36.1 Å². The highest BCUT2D eigenvalue weighted by Gasteiger charge is 2.39. The number of hydrogen-bond acceptors (Lipinski definition) is 7. The molecule has 0 N–H and O–H groups in total. The Morgan fingerprint density at radius 2 is 2.06 bits per heavy atom. The SMILES string of the molecule is CCOC(=O)C1=C(C)N=C2SC=CN2[C@H]1c1cccc(OC)c1OCc1c(F)cccc1Cl. The molecule has 0 spiro atoms. The number of esters is 1. The molecular formula is C24H22ClFN2O4S. The van der Waals surface area contributed by atoms with Gasteiger partial charge in [-0.1, -0.05) is 41.6 Å². The largest absolute Gasteiger partial charge is 0.493 e. The summed E-state index contributed by atoms with van der Waals surface area (Å²) in [5.41, 5.74) is 1.85. The Morgan fingerprint density at radius 3 is 2.79 bits per heavy atom. The fourth-order valence-electron chi connectivity index (χ4n) is 3.75. The molecule has 2 heterocycles. The quantitative estimate of drug-likeness (QED) is 0.457. The maximum atomic E-state index is 14.4. The van der Waals surface area contributed by atoms with Crippen LogP contribution in [-0.4, -0.2) is 29.8 Å². The molecule has 33 heavy (non-hydrogen) atoms. The number of amidine groups is 1. The Bertz CT molecular complexity index is 1160. The van der Waals surface area contributed by atoms with Gasteiger partial charge >= 0.3 is 5.97 Å².